The molecule has 2 rings (SSSR count). The molecule has 2 aromatic carbocycles. The largest absolute Gasteiger partial charge is 0.346 e. The lowest BCUT2D eigenvalue weighted by molar-refractivity contribution is -0.124. The van der Waals surface area contributed by atoms with Gasteiger partial charge in [-0.3, -0.25) is 14.4 Å². The molecule has 8 heteroatoms. The van der Waals surface area contributed by atoms with E-state index >= 15 is 0 Å². The molecule has 0 heterocycles. The molecule has 2 amide bonds. The smallest absolute Gasteiger partial charge is 0.246 e. The second-order valence-corrected chi connectivity index (χ2v) is 7.58. The number of carbonyl (C=O) groups excluding carboxylic acids is 3. The normalized spacial score (nSPS) is 10.7. The molecule has 0 aliphatic rings. The molecule has 154 valence electrons. The van der Waals surface area contributed by atoms with Gasteiger partial charge in [0.2, 0.25) is 11.8 Å². The predicted molar refractivity (Wildman–Crippen MR) is 116 cm³/mol. The number of nitrogens with zero attached hydrogens (tertiary/aromatic N) is 1. The van der Waals surface area contributed by atoms with Crippen molar-refractivity contribution >= 4 is 46.5 Å². The Bertz CT molecular complexity index is 916. The van der Waals surface area contributed by atoms with Gasteiger partial charge in [-0.15, -0.1) is 0 Å². The molecule has 6 nitrogen and oxygen atoms in total. The highest BCUT2D eigenvalue weighted by Crippen LogP contribution is 2.28. The first-order chi connectivity index (χ1) is 13.7. The van der Waals surface area contributed by atoms with Crippen LogP contribution in [0.1, 0.15) is 29.8 Å². The van der Waals surface area contributed by atoms with E-state index in [4.69, 9.17) is 23.2 Å². The Morgan fingerprint density at radius 3 is 2.34 bits per heavy atom. The van der Waals surface area contributed by atoms with E-state index in [0.717, 1.165) is 0 Å². The Kier molecular flexibility index (Phi) is 8.20. The lowest BCUT2D eigenvalue weighted by Gasteiger charge is -2.21. The standard InChI is InChI=1S/C21H23Cl2N3O3/c1-13(2)24-11-19(27)25-12-20(28)26(3)18-9-8-14(22)10-16(18)21(29)15-6-4-5-7-17(15)23/h4-10,13,24H,11-12H2,1-3H3,(H,25,27). The fourth-order valence-electron chi connectivity index (χ4n) is 2.56. The Balaban J connectivity index is 2.19. The number of likely N-dealkylation sites (N-methyl/N-ethyl adjacent to an activating group) is 1. The number of hydrogen-bond donors (Lipinski definition) is 2. The average molecular weight is 436 g/mol. The molecule has 0 aliphatic carbocycles. The van der Waals surface area contributed by atoms with Crippen molar-refractivity contribution in [3.63, 3.8) is 0 Å². The van der Waals surface area contributed by atoms with E-state index in [9.17, 15) is 14.4 Å². The molecule has 0 unspecified atom stereocenters. The van der Waals surface area contributed by atoms with E-state index in [1.54, 1.807) is 36.4 Å². The van der Waals surface area contributed by atoms with Gasteiger partial charge in [0.05, 0.1) is 23.8 Å². The third kappa shape index (κ3) is 6.29. The molecule has 0 bridgehead atoms. The van der Waals surface area contributed by atoms with Gasteiger partial charge in [0.25, 0.3) is 0 Å². The van der Waals surface area contributed by atoms with Gasteiger partial charge in [-0.25, -0.2) is 0 Å². The zero-order valence-corrected chi connectivity index (χ0v) is 18.0. The number of anilines is 1. The fraction of sp³-hybridized carbons (Fsp3) is 0.286. The number of rotatable bonds is 8. The summed E-state index contributed by atoms with van der Waals surface area (Å²) >= 11 is 12.2. The van der Waals surface area contributed by atoms with Crippen LogP contribution >= 0.6 is 23.2 Å². The molecule has 0 radical (unpaired) electrons. The number of ketones is 1. The SMILES string of the molecule is CC(C)NCC(=O)NCC(=O)N(C)c1ccc(Cl)cc1C(=O)c1ccccc1Cl. The maximum absolute atomic E-state index is 13.0. The van der Waals surface area contributed by atoms with Crippen molar-refractivity contribution < 1.29 is 14.4 Å². The molecule has 0 saturated heterocycles. The first-order valence-electron chi connectivity index (χ1n) is 9.06. The van der Waals surface area contributed by atoms with Crippen LogP contribution in [0.25, 0.3) is 0 Å². The number of nitrogens with one attached hydrogen (secondary N) is 2. The summed E-state index contributed by atoms with van der Waals surface area (Å²) in [5.41, 5.74) is 0.930. The van der Waals surface area contributed by atoms with Gasteiger partial charge >= 0.3 is 0 Å². The zero-order chi connectivity index (χ0) is 21.6. The van der Waals surface area contributed by atoms with E-state index in [0.29, 0.717) is 21.3 Å². The van der Waals surface area contributed by atoms with Crippen LogP contribution in [0.5, 0.6) is 0 Å². The van der Waals surface area contributed by atoms with Crippen LogP contribution in [-0.4, -0.2) is 43.8 Å². The molecule has 29 heavy (non-hydrogen) atoms. The Morgan fingerprint density at radius 1 is 1.00 bits per heavy atom. The predicted octanol–water partition coefficient (Wildman–Crippen LogP) is 3.30. The molecule has 2 N–H and O–H groups in total. The molecule has 0 atom stereocenters. The van der Waals surface area contributed by atoms with Crippen LogP contribution in [0.4, 0.5) is 5.69 Å². The monoisotopic (exact) mass is 435 g/mol. The quantitative estimate of drug-likeness (QED) is 0.623. The molecule has 0 aromatic heterocycles. The Morgan fingerprint density at radius 2 is 1.69 bits per heavy atom. The van der Waals surface area contributed by atoms with Gasteiger partial charge in [0.1, 0.15) is 0 Å². The van der Waals surface area contributed by atoms with Crippen LogP contribution in [0, 0.1) is 0 Å². The van der Waals surface area contributed by atoms with Crippen LogP contribution < -0.4 is 15.5 Å². The number of halogens is 2. The minimum Gasteiger partial charge on any atom is -0.346 e. The minimum absolute atomic E-state index is 0.117. The van der Waals surface area contributed by atoms with Gasteiger partial charge in [0.15, 0.2) is 5.78 Å². The summed E-state index contributed by atoms with van der Waals surface area (Å²) in [6.45, 7) is 3.76. The number of carbonyl (C=O) groups is 3. The van der Waals surface area contributed by atoms with Crippen LogP contribution in [0.2, 0.25) is 10.0 Å². The molecule has 0 fully saturated rings. The Hall–Kier alpha value is -2.41. The molecule has 2 aromatic rings. The lowest BCUT2D eigenvalue weighted by atomic mass is 10.0. The molecule has 0 aliphatic heterocycles. The van der Waals surface area contributed by atoms with Gasteiger partial charge in [-0.1, -0.05) is 49.2 Å². The second kappa shape index (κ2) is 10.4. The number of amides is 2. The lowest BCUT2D eigenvalue weighted by Crippen LogP contribution is -2.42. The van der Waals surface area contributed by atoms with Gasteiger partial charge in [-0.05, 0) is 30.3 Å². The summed E-state index contributed by atoms with van der Waals surface area (Å²) in [5.74, 6) is -1.01. The third-order valence-electron chi connectivity index (χ3n) is 4.16. The first-order valence-corrected chi connectivity index (χ1v) is 9.81. The third-order valence-corrected chi connectivity index (χ3v) is 4.73. The van der Waals surface area contributed by atoms with Crippen molar-refractivity contribution in [2.45, 2.75) is 19.9 Å². The van der Waals surface area contributed by atoms with Crippen LogP contribution in [0.15, 0.2) is 42.5 Å². The minimum atomic E-state index is -0.376. The summed E-state index contributed by atoms with van der Waals surface area (Å²) < 4.78 is 0. The molecular weight excluding hydrogens is 413 g/mol. The van der Waals surface area contributed by atoms with Crippen molar-refractivity contribution in [2.24, 2.45) is 0 Å². The van der Waals surface area contributed by atoms with Crippen molar-refractivity contribution in [3.8, 4) is 0 Å². The van der Waals surface area contributed by atoms with E-state index < -0.39 is 0 Å². The topological polar surface area (TPSA) is 78.5 Å². The van der Waals surface area contributed by atoms with Crippen molar-refractivity contribution in [1.82, 2.24) is 10.6 Å². The summed E-state index contributed by atoms with van der Waals surface area (Å²) in [7, 11) is 1.54. The summed E-state index contributed by atoms with van der Waals surface area (Å²) in [4.78, 5) is 38.7. The van der Waals surface area contributed by atoms with E-state index in [2.05, 4.69) is 10.6 Å². The van der Waals surface area contributed by atoms with Gasteiger partial charge < -0.3 is 15.5 Å². The highest BCUT2D eigenvalue weighted by atomic mass is 35.5. The van der Waals surface area contributed by atoms with E-state index in [1.807, 2.05) is 13.8 Å². The number of hydrogen-bond acceptors (Lipinski definition) is 4. The average Bonchev–Trinajstić information content (AvgIpc) is 2.69. The molecular formula is C21H23Cl2N3O3. The summed E-state index contributed by atoms with van der Waals surface area (Å²) in [6.07, 6.45) is 0. The van der Waals surface area contributed by atoms with Gasteiger partial charge in [0, 0.05) is 29.2 Å². The zero-order valence-electron chi connectivity index (χ0n) is 16.5. The maximum atomic E-state index is 13.0. The molecule has 0 spiro atoms. The highest BCUT2D eigenvalue weighted by molar-refractivity contribution is 6.36. The fourth-order valence-corrected chi connectivity index (χ4v) is 2.95. The van der Waals surface area contributed by atoms with E-state index in [1.165, 1.54) is 18.0 Å². The van der Waals surface area contributed by atoms with Crippen molar-refractivity contribution in [2.75, 3.05) is 25.0 Å². The summed E-state index contributed by atoms with van der Waals surface area (Å²) in [6, 6.07) is 11.5. The summed E-state index contributed by atoms with van der Waals surface area (Å²) in [5, 5.41) is 6.21. The van der Waals surface area contributed by atoms with Crippen molar-refractivity contribution in [1.29, 1.82) is 0 Å². The Labute approximate surface area is 180 Å². The van der Waals surface area contributed by atoms with Crippen LogP contribution in [0.3, 0.4) is 0 Å². The second-order valence-electron chi connectivity index (χ2n) is 6.74. The maximum Gasteiger partial charge on any atom is 0.246 e. The first kappa shape index (κ1) is 22.9. The number of benzene rings is 2. The van der Waals surface area contributed by atoms with E-state index in [-0.39, 0.29) is 42.3 Å². The van der Waals surface area contributed by atoms with Crippen LogP contribution in [-0.2, 0) is 9.59 Å². The van der Waals surface area contributed by atoms with Gasteiger partial charge in [-0.2, -0.15) is 0 Å². The highest BCUT2D eigenvalue weighted by Gasteiger charge is 2.22. The molecule has 0 saturated carbocycles. The van der Waals surface area contributed by atoms with Crippen molar-refractivity contribution in [3.05, 3.63) is 63.6 Å².